The maximum Gasteiger partial charge on any atom is 0.162 e. The van der Waals surface area contributed by atoms with E-state index in [0.717, 1.165) is 11.4 Å². The Hall–Kier alpha value is -2.69. The van der Waals surface area contributed by atoms with Gasteiger partial charge in [0.25, 0.3) is 0 Å². The number of nitrogens with zero attached hydrogens (tertiary/aromatic N) is 5. The van der Waals surface area contributed by atoms with Crippen LogP contribution in [0.1, 0.15) is 35.7 Å². The molecule has 1 aromatic carbocycles. The number of aliphatic hydroxyl groups is 1. The first-order valence-electron chi connectivity index (χ1n) is 7.54. The summed E-state index contributed by atoms with van der Waals surface area (Å²) in [5, 5.41) is 27.6. The van der Waals surface area contributed by atoms with E-state index in [1.165, 1.54) is 12.1 Å². The van der Waals surface area contributed by atoms with E-state index < -0.39 is 11.9 Å². The quantitative estimate of drug-likeness (QED) is 0.776. The van der Waals surface area contributed by atoms with E-state index in [2.05, 4.69) is 10.2 Å². The van der Waals surface area contributed by atoms with Crippen LogP contribution in [0.5, 0.6) is 0 Å². The third kappa shape index (κ3) is 3.40. The first-order valence-corrected chi connectivity index (χ1v) is 7.92. The van der Waals surface area contributed by atoms with Gasteiger partial charge in [0.15, 0.2) is 10.8 Å². The summed E-state index contributed by atoms with van der Waals surface area (Å²) in [6, 6.07) is 9.51. The molecule has 0 amide bonds. The molecule has 2 aromatic heterocycles. The molecule has 0 saturated carbocycles. The zero-order valence-electron chi connectivity index (χ0n) is 13.6. The van der Waals surface area contributed by atoms with Crippen LogP contribution in [0.15, 0.2) is 30.3 Å². The molecule has 1 N–H and O–H groups in total. The molecule has 0 spiro atoms. The van der Waals surface area contributed by atoms with Crippen LogP contribution in [0.25, 0.3) is 5.69 Å². The monoisotopic (exact) mass is 359 g/mol. The molecule has 25 heavy (non-hydrogen) atoms. The SMILES string of the molecule is CC(O)c1cc(F)ccc1-n1nc(Cl)cc1Cc1cc(C#N)nn1C. The minimum absolute atomic E-state index is 0.276. The fraction of sp³-hybridized carbons (Fsp3) is 0.235. The number of halogens is 2. The second kappa shape index (κ2) is 6.67. The predicted octanol–water partition coefficient (Wildman–Crippen LogP) is 2.91. The zero-order chi connectivity index (χ0) is 18.1. The molecule has 1 atom stereocenters. The molecule has 0 fully saturated rings. The molecule has 2 heterocycles. The van der Waals surface area contributed by atoms with Crippen LogP contribution in [-0.2, 0) is 13.5 Å². The molecular formula is C17H15ClFN5O. The van der Waals surface area contributed by atoms with Gasteiger partial charge in [0.05, 0.1) is 17.5 Å². The standard InChI is InChI=1S/C17H15ClFN5O/c1-10(25)15-5-11(19)3-4-16(15)24-14(8-17(18)22-24)7-13-6-12(9-20)21-23(13)2/h3-6,8,10,25H,7H2,1-2H3. The molecule has 6 nitrogen and oxygen atoms in total. The van der Waals surface area contributed by atoms with Crippen molar-refractivity contribution in [3.8, 4) is 11.8 Å². The summed E-state index contributed by atoms with van der Waals surface area (Å²) in [5.41, 5.74) is 2.80. The van der Waals surface area contributed by atoms with Gasteiger partial charge in [-0.05, 0) is 37.3 Å². The molecule has 0 bridgehead atoms. The minimum Gasteiger partial charge on any atom is -0.389 e. The van der Waals surface area contributed by atoms with E-state index >= 15 is 0 Å². The first kappa shape index (κ1) is 17.1. The molecule has 0 saturated heterocycles. The number of nitriles is 1. The lowest BCUT2D eigenvalue weighted by Crippen LogP contribution is -2.09. The van der Waals surface area contributed by atoms with Crippen molar-refractivity contribution < 1.29 is 9.50 Å². The van der Waals surface area contributed by atoms with Crippen molar-refractivity contribution in [3.63, 3.8) is 0 Å². The molecule has 3 aromatic rings. The van der Waals surface area contributed by atoms with Gasteiger partial charge in [-0.2, -0.15) is 15.5 Å². The molecule has 1 unspecified atom stereocenters. The van der Waals surface area contributed by atoms with E-state index in [9.17, 15) is 9.50 Å². The highest BCUT2D eigenvalue weighted by molar-refractivity contribution is 6.29. The predicted molar refractivity (Wildman–Crippen MR) is 89.9 cm³/mol. The van der Waals surface area contributed by atoms with Gasteiger partial charge in [-0.3, -0.25) is 4.68 Å². The third-order valence-electron chi connectivity index (χ3n) is 3.87. The number of hydrogen-bond donors (Lipinski definition) is 1. The van der Waals surface area contributed by atoms with Crippen LogP contribution in [0.3, 0.4) is 0 Å². The molecule has 0 aliphatic rings. The highest BCUT2D eigenvalue weighted by atomic mass is 35.5. The highest BCUT2D eigenvalue weighted by Gasteiger charge is 2.17. The van der Waals surface area contributed by atoms with Crippen molar-refractivity contribution in [2.75, 3.05) is 0 Å². The van der Waals surface area contributed by atoms with E-state index in [4.69, 9.17) is 16.9 Å². The Bertz CT molecular complexity index is 970. The van der Waals surface area contributed by atoms with Crippen LogP contribution in [0.2, 0.25) is 5.15 Å². The largest absolute Gasteiger partial charge is 0.389 e. The summed E-state index contributed by atoms with van der Waals surface area (Å²) in [4.78, 5) is 0. The fourth-order valence-corrected chi connectivity index (χ4v) is 2.89. The summed E-state index contributed by atoms with van der Waals surface area (Å²) >= 11 is 6.07. The Kier molecular flexibility index (Phi) is 4.57. The lowest BCUT2D eigenvalue weighted by molar-refractivity contribution is 0.198. The molecule has 0 radical (unpaired) electrons. The Balaban J connectivity index is 2.08. The molecule has 8 heteroatoms. The highest BCUT2D eigenvalue weighted by Crippen LogP contribution is 2.26. The van der Waals surface area contributed by atoms with Crippen molar-refractivity contribution in [2.45, 2.75) is 19.4 Å². The lowest BCUT2D eigenvalue weighted by atomic mass is 10.1. The van der Waals surface area contributed by atoms with Crippen LogP contribution in [0.4, 0.5) is 4.39 Å². The number of hydrogen-bond acceptors (Lipinski definition) is 4. The maximum atomic E-state index is 13.6. The summed E-state index contributed by atoms with van der Waals surface area (Å²) in [6.07, 6.45) is -0.454. The normalized spacial score (nSPS) is 12.2. The lowest BCUT2D eigenvalue weighted by Gasteiger charge is -2.14. The number of aryl methyl sites for hydroxylation is 1. The van der Waals surface area contributed by atoms with Gasteiger partial charge < -0.3 is 5.11 Å². The third-order valence-corrected chi connectivity index (χ3v) is 4.06. The molecule has 3 rings (SSSR count). The summed E-state index contributed by atoms with van der Waals surface area (Å²) < 4.78 is 16.7. The summed E-state index contributed by atoms with van der Waals surface area (Å²) in [7, 11) is 1.75. The summed E-state index contributed by atoms with van der Waals surface area (Å²) in [5.74, 6) is -0.440. The van der Waals surface area contributed by atoms with Crippen molar-refractivity contribution in [2.24, 2.45) is 7.05 Å². The Morgan fingerprint density at radius 3 is 2.68 bits per heavy atom. The van der Waals surface area contributed by atoms with Gasteiger partial charge >= 0.3 is 0 Å². The van der Waals surface area contributed by atoms with Crippen LogP contribution in [0, 0.1) is 17.1 Å². The average molecular weight is 360 g/mol. The van der Waals surface area contributed by atoms with Crippen LogP contribution in [-0.4, -0.2) is 24.7 Å². The van der Waals surface area contributed by atoms with Gasteiger partial charge in [-0.15, -0.1) is 0 Å². The molecule has 0 aliphatic carbocycles. The van der Waals surface area contributed by atoms with E-state index in [-0.39, 0.29) is 5.15 Å². The smallest absolute Gasteiger partial charge is 0.162 e. The summed E-state index contributed by atoms with van der Waals surface area (Å²) in [6.45, 7) is 1.56. The van der Waals surface area contributed by atoms with Crippen molar-refractivity contribution in [3.05, 3.63) is 63.9 Å². The Morgan fingerprint density at radius 1 is 1.28 bits per heavy atom. The van der Waals surface area contributed by atoms with Crippen LogP contribution >= 0.6 is 11.6 Å². The number of rotatable bonds is 4. The minimum atomic E-state index is -0.872. The van der Waals surface area contributed by atoms with Gasteiger partial charge in [0.1, 0.15) is 11.9 Å². The van der Waals surface area contributed by atoms with E-state index in [1.54, 1.807) is 41.5 Å². The molecule has 0 aliphatic heterocycles. The van der Waals surface area contributed by atoms with Gasteiger partial charge in [0.2, 0.25) is 0 Å². The Morgan fingerprint density at radius 2 is 2.04 bits per heavy atom. The number of aromatic nitrogens is 4. The number of benzene rings is 1. The van der Waals surface area contributed by atoms with Crippen molar-refractivity contribution in [1.82, 2.24) is 19.6 Å². The van der Waals surface area contributed by atoms with Crippen LogP contribution < -0.4 is 0 Å². The van der Waals surface area contributed by atoms with Crippen molar-refractivity contribution in [1.29, 1.82) is 5.26 Å². The topological polar surface area (TPSA) is 79.7 Å². The average Bonchev–Trinajstić information content (AvgIpc) is 3.10. The van der Waals surface area contributed by atoms with Gasteiger partial charge in [0, 0.05) is 24.7 Å². The van der Waals surface area contributed by atoms with Crippen molar-refractivity contribution >= 4 is 11.6 Å². The van der Waals surface area contributed by atoms with Gasteiger partial charge in [-0.25, -0.2) is 9.07 Å². The van der Waals surface area contributed by atoms with Gasteiger partial charge in [-0.1, -0.05) is 11.6 Å². The second-order valence-electron chi connectivity index (χ2n) is 5.68. The van der Waals surface area contributed by atoms with E-state index in [0.29, 0.717) is 23.4 Å². The fourth-order valence-electron chi connectivity index (χ4n) is 2.69. The second-order valence-corrected chi connectivity index (χ2v) is 6.07. The van der Waals surface area contributed by atoms with E-state index in [1.807, 2.05) is 6.07 Å². The first-order chi connectivity index (χ1) is 11.9. The Labute approximate surface area is 148 Å². The molecular weight excluding hydrogens is 345 g/mol. The molecule has 128 valence electrons. The maximum absolute atomic E-state index is 13.6. The number of aliphatic hydroxyl groups excluding tert-OH is 1. The zero-order valence-corrected chi connectivity index (χ0v) is 14.4.